The smallest absolute Gasteiger partial charge is 0.101 e. The van der Waals surface area contributed by atoms with Crippen molar-refractivity contribution >= 4 is 65.4 Å². The summed E-state index contributed by atoms with van der Waals surface area (Å²) in [7, 11) is 0. The number of aromatic nitrogens is 3. The molecule has 6 nitrogen and oxygen atoms in total. The largest absolute Gasteiger partial charge is 0.308 e. The van der Waals surface area contributed by atoms with E-state index >= 15 is 0 Å². The molecule has 6 heteroatoms. The van der Waals surface area contributed by atoms with E-state index in [4.69, 9.17) is 0 Å². The van der Waals surface area contributed by atoms with Crippen LogP contribution in [0.5, 0.6) is 0 Å². The van der Waals surface area contributed by atoms with E-state index in [9.17, 15) is 15.8 Å². The number of para-hydroxylation sites is 5. The van der Waals surface area contributed by atoms with Crippen LogP contribution in [0.25, 0.3) is 93.6 Å². The molecule has 0 saturated carbocycles. The number of hydrogen-bond acceptors (Lipinski definition) is 3. The molecular weight excluding hydrogens is 697 g/mol. The maximum Gasteiger partial charge on any atom is 0.101 e. The number of rotatable bonds is 4. The summed E-state index contributed by atoms with van der Waals surface area (Å²) in [6.07, 6.45) is 0. The zero-order chi connectivity index (χ0) is 38.2. The molecule has 0 saturated heterocycles. The first kappa shape index (κ1) is 32.1. The van der Waals surface area contributed by atoms with Crippen molar-refractivity contribution in [2.45, 2.75) is 0 Å². The van der Waals surface area contributed by atoms with Gasteiger partial charge in [-0.25, -0.2) is 0 Å². The molecule has 0 aliphatic heterocycles. The summed E-state index contributed by atoms with van der Waals surface area (Å²) in [5.41, 5.74) is 12.4. The van der Waals surface area contributed by atoms with Gasteiger partial charge in [0.1, 0.15) is 6.07 Å². The minimum atomic E-state index is 0.567. The molecule has 0 fully saturated rings. The quantitative estimate of drug-likeness (QED) is 0.181. The lowest BCUT2D eigenvalue weighted by Gasteiger charge is -2.18. The lowest BCUT2D eigenvalue weighted by atomic mass is 10.00. The van der Waals surface area contributed by atoms with Crippen molar-refractivity contribution in [2.75, 3.05) is 0 Å². The van der Waals surface area contributed by atoms with Crippen molar-refractivity contribution in [3.05, 3.63) is 187 Å². The first-order chi connectivity index (χ1) is 28.2. The maximum atomic E-state index is 10.8. The number of nitriles is 3. The Morgan fingerprint density at radius 2 is 0.825 bits per heavy atom. The van der Waals surface area contributed by atoms with Crippen LogP contribution in [0.2, 0.25) is 0 Å². The second-order valence-electron chi connectivity index (χ2n) is 14.3. The van der Waals surface area contributed by atoms with Crippen molar-refractivity contribution in [3.8, 4) is 46.4 Å². The van der Waals surface area contributed by atoms with Gasteiger partial charge in [0, 0.05) is 37.9 Å². The van der Waals surface area contributed by atoms with Gasteiger partial charge in [-0.1, -0.05) is 91.0 Å². The molecule has 0 atom stereocenters. The Balaban J connectivity index is 1.20. The predicted octanol–water partition coefficient (Wildman–Crippen LogP) is 12.3. The molecule has 0 bridgehead atoms. The van der Waals surface area contributed by atoms with Gasteiger partial charge in [-0.3, -0.25) is 0 Å². The molecule has 8 aromatic carbocycles. The third kappa shape index (κ3) is 4.61. The van der Waals surface area contributed by atoms with Crippen molar-refractivity contribution in [1.82, 2.24) is 13.7 Å². The highest BCUT2D eigenvalue weighted by atomic mass is 15.1. The van der Waals surface area contributed by atoms with Crippen LogP contribution >= 0.6 is 0 Å². The molecular formula is C51H28N6. The van der Waals surface area contributed by atoms with Crippen LogP contribution in [0.1, 0.15) is 16.7 Å². The van der Waals surface area contributed by atoms with Crippen LogP contribution in [0.15, 0.2) is 170 Å². The number of fused-ring (bicyclic) bond motifs is 9. The summed E-state index contributed by atoms with van der Waals surface area (Å²) in [6, 6.07) is 64.8. The molecule has 11 aromatic rings. The fraction of sp³-hybridized carbons (Fsp3) is 0. The molecule has 262 valence electrons. The van der Waals surface area contributed by atoms with E-state index in [2.05, 4.69) is 123 Å². The van der Waals surface area contributed by atoms with Crippen LogP contribution in [-0.4, -0.2) is 13.7 Å². The summed E-state index contributed by atoms with van der Waals surface area (Å²) in [6.45, 7) is 0. The van der Waals surface area contributed by atoms with Crippen molar-refractivity contribution in [1.29, 1.82) is 15.8 Å². The Morgan fingerprint density at radius 3 is 1.46 bits per heavy atom. The van der Waals surface area contributed by atoms with Crippen molar-refractivity contribution < 1.29 is 0 Å². The van der Waals surface area contributed by atoms with Crippen LogP contribution in [0.4, 0.5) is 0 Å². The highest BCUT2D eigenvalue weighted by Crippen LogP contribution is 2.42. The van der Waals surface area contributed by atoms with E-state index in [-0.39, 0.29) is 0 Å². The number of benzene rings is 8. The lowest BCUT2D eigenvalue weighted by Crippen LogP contribution is -2.02. The first-order valence-electron chi connectivity index (χ1n) is 18.7. The summed E-state index contributed by atoms with van der Waals surface area (Å²) >= 11 is 0. The number of hydrogen-bond donors (Lipinski definition) is 0. The second kappa shape index (κ2) is 12.3. The Hall–Kier alpha value is -8.37. The Bertz CT molecular complexity index is 3580. The van der Waals surface area contributed by atoms with Gasteiger partial charge in [-0.15, -0.1) is 0 Å². The molecule has 3 heterocycles. The van der Waals surface area contributed by atoms with E-state index in [0.717, 1.165) is 93.6 Å². The third-order valence-electron chi connectivity index (χ3n) is 11.3. The molecule has 11 rings (SSSR count). The normalized spacial score (nSPS) is 11.5. The lowest BCUT2D eigenvalue weighted by molar-refractivity contribution is 1.13. The minimum Gasteiger partial charge on any atom is -0.308 e. The molecule has 57 heavy (non-hydrogen) atoms. The third-order valence-corrected chi connectivity index (χ3v) is 11.3. The van der Waals surface area contributed by atoms with Gasteiger partial charge in [0.2, 0.25) is 0 Å². The molecule has 0 aliphatic rings. The molecule has 0 amide bonds. The van der Waals surface area contributed by atoms with Gasteiger partial charge >= 0.3 is 0 Å². The minimum absolute atomic E-state index is 0.567. The average Bonchev–Trinajstić information content (AvgIpc) is 3.91. The first-order valence-corrected chi connectivity index (χ1v) is 18.7. The summed E-state index contributed by atoms with van der Waals surface area (Å²) in [5, 5.41) is 36.9. The van der Waals surface area contributed by atoms with Gasteiger partial charge < -0.3 is 13.7 Å². The van der Waals surface area contributed by atoms with Gasteiger partial charge in [0.15, 0.2) is 0 Å². The Kier molecular flexibility index (Phi) is 6.95. The fourth-order valence-electron chi connectivity index (χ4n) is 8.94. The van der Waals surface area contributed by atoms with Gasteiger partial charge in [-0.05, 0) is 84.4 Å². The average molecular weight is 725 g/mol. The Labute approximate surface area is 326 Å². The van der Waals surface area contributed by atoms with E-state index < -0.39 is 0 Å². The molecule has 0 radical (unpaired) electrons. The van der Waals surface area contributed by atoms with Crippen LogP contribution < -0.4 is 0 Å². The zero-order valence-electron chi connectivity index (χ0n) is 30.3. The van der Waals surface area contributed by atoms with E-state index in [1.165, 1.54) is 0 Å². The van der Waals surface area contributed by atoms with E-state index in [1.54, 1.807) is 0 Å². The van der Waals surface area contributed by atoms with Crippen molar-refractivity contribution in [3.63, 3.8) is 0 Å². The highest BCUT2D eigenvalue weighted by Gasteiger charge is 2.23. The van der Waals surface area contributed by atoms with Crippen molar-refractivity contribution in [2.24, 2.45) is 0 Å². The summed E-state index contributed by atoms with van der Waals surface area (Å²) < 4.78 is 6.77. The maximum absolute atomic E-state index is 10.8. The van der Waals surface area contributed by atoms with Crippen LogP contribution in [0.3, 0.4) is 0 Å². The van der Waals surface area contributed by atoms with E-state index in [0.29, 0.717) is 16.7 Å². The standard InChI is InChI=1S/C51H28N6/c52-29-32-20-23-48-41(26-32)39-13-4-8-18-47(39)56(48)50-19-9-14-40-42-27-33(30-53)21-24-49(42)57(51(40)50)44-15-5-1-10-36(44)34-22-25-43(35(28-34)31-54)55-45-16-6-2-11-37(45)38-12-3-7-17-46(38)55/h1-28H. The second-order valence-corrected chi connectivity index (χ2v) is 14.3. The van der Waals surface area contributed by atoms with Crippen LogP contribution in [0, 0.1) is 34.0 Å². The van der Waals surface area contributed by atoms with Crippen LogP contribution in [-0.2, 0) is 0 Å². The SMILES string of the molecule is N#Cc1ccc2c(c1)c1ccccc1n2-c1cccc2c3cc(C#N)ccc3n(-c3ccccc3-c3ccc(-n4c5ccccc5c5ccccc54)c(C#N)c3)c12. The molecule has 3 aromatic heterocycles. The fourth-order valence-corrected chi connectivity index (χ4v) is 8.94. The van der Waals surface area contributed by atoms with Gasteiger partial charge in [-0.2, -0.15) is 15.8 Å². The monoisotopic (exact) mass is 724 g/mol. The molecule has 0 spiro atoms. The predicted molar refractivity (Wildman–Crippen MR) is 229 cm³/mol. The van der Waals surface area contributed by atoms with Gasteiger partial charge in [0.25, 0.3) is 0 Å². The summed E-state index contributed by atoms with van der Waals surface area (Å²) in [5.74, 6) is 0. The highest BCUT2D eigenvalue weighted by molar-refractivity contribution is 6.16. The number of nitrogens with zero attached hydrogens (tertiary/aromatic N) is 6. The molecule has 0 aliphatic carbocycles. The summed E-state index contributed by atoms with van der Waals surface area (Å²) in [4.78, 5) is 0. The zero-order valence-corrected chi connectivity index (χ0v) is 30.3. The van der Waals surface area contributed by atoms with E-state index in [1.807, 2.05) is 78.9 Å². The molecule has 0 unspecified atom stereocenters. The van der Waals surface area contributed by atoms with Gasteiger partial charge in [0.05, 0.1) is 79.0 Å². The topological polar surface area (TPSA) is 86.2 Å². The molecule has 0 N–H and O–H groups in total. The Morgan fingerprint density at radius 1 is 0.333 bits per heavy atom.